The van der Waals surface area contributed by atoms with Crippen molar-refractivity contribution in [3.63, 3.8) is 0 Å². The van der Waals surface area contributed by atoms with E-state index in [0.717, 1.165) is 30.9 Å². The van der Waals surface area contributed by atoms with Crippen molar-refractivity contribution < 1.29 is 0 Å². The lowest BCUT2D eigenvalue weighted by Gasteiger charge is -2.05. The van der Waals surface area contributed by atoms with E-state index in [2.05, 4.69) is 53.5 Å². The number of aromatic nitrogens is 3. The lowest BCUT2D eigenvalue weighted by Crippen LogP contribution is -2.04. The smallest absolute Gasteiger partial charge is 0.0825 e. The molecule has 1 N–H and O–H groups in total. The van der Waals surface area contributed by atoms with Crippen molar-refractivity contribution in [2.75, 3.05) is 5.32 Å². The number of aryl methyl sites for hydroxylation is 3. The number of anilines is 1. The molecule has 5 heteroatoms. The molecule has 0 bridgehead atoms. The molecule has 0 spiro atoms. The van der Waals surface area contributed by atoms with Crippen molar-refractivity contribution in [3.8, 4) is 0 Å². The van der Waals surface area contributed by atoms with E-state index in [1.165, 1.54) is 5.69 Å². The minimum absolute atomic E-state index is 0. The van der Waals surface area contributed by atoms with Crippen LogP contribution in [0.5, 0.6) is 0 Å². The fourth-order valence-corrected chi connectivity index (χ4v) is 1.90. The van der Waals surface area contributed by atoms with Crippen LogP contribution >= 0.6 is 12.4 Å². The van der Waals surface area contributed by atoms with Gasteiger partial charge in [0, 0.05) is 31.7 Å². The Bertz CT molecular complexity index is 487. The molecule has 0 aromatic carbocycles. The Balaban J connectivity index is 0.00000162. The van der Waals surface area contributed by atoms with Gasteiger partial charge in [0.1, 0.15) is 0 Å². The van der Waals surface area contributed by atoms with Gasteiger partial charge in [0.05, 0.1) is 17.9 Å². The quantitative estimate of drug-likeness (QED) is 0.905. The summed E-state index contributed by atoms with van der Waals surface area (Å²) >= 11 is 0. The van der Waals surface area contributed by atoms with Crippen LogP contribution in [-0.4, -0.2) is 14.3 Å². The predicted molar refractivity (Wildman–Crippen MR) is 77.2 cm³/mol. The summed E-state index contributed by atoms with van der Waals surface area (Å²) in [7, 11) is 2.06. The lowest BCUT2D eigenvalue weighted by molar-refractivity contribution is 0.598. The molecule has 0 amide bonds. The summed E-state index contributed by atoms with van der Waals surface area (Å²) in [5.74, 6) is 0. The Morgan fingerprint density at radius 3 is 2.78 bits per heavy atom. The number of rotatable bonds is 5. The van der Waals surface area contributed by atoms with E-state index >= 15 is 0 Å². The van der Waals surface area contributed by atoms with E-state index in [4.69, 9.17) is 0 Å². The minimum Gasteiger partial charge on any atom is -0.377 e. The third-order valence-electron chi connectivity index (χ3n) is 2.91. The van der Waals surface area contributed by atoms with Gasteiger partial charge in [-0.15, -0.1) is 12.4 Å². The largest absolute Gasteiger partial charge is 0.377 e. The zero-order valence-electron chi connectivity index (χ0n) is 11.2. The topological polar surface area (TPSA) is 34.8 Å². The lowest BCUT2D eigenvalue weighted by atomic mass is 10.3. The molecular formula is C13H21ClN4. The van der Waals surface area contributed by atoms with Gasteiger partial charge in [-0.1, -0.05) is 6.92 Å². The maximum absolute atomic E-state index is 4.47. The fourth-order valence-electron chi connectivity index (χ4n) is 1.90. The maximum atomic E-state index is 4.47. The maximum Gasteiger partial charge on any atom is 0.0825 e. The molecule has 4 nitrogen and oxygen atoms in total. The molecule has 0 radical (unpaired) electrons. The predicted octanol–water partition coefficient (Wildman–Crippen LogP) is 2.97. The molecule has 0 aliphatic heterocycles. The molecule has 0 saturated heterocycles. The van der Waals surface area contributed by atoms with Crippen LogP contribution in [0.25, 0.3) is 0 Å². The number of nitrogens with zero attached hydrogens (tertiary/aromatic N) is 3. The normalized spacial score (nSPS) is 10.2. The van der Waals surface area contributed by atoms with Crippen molar-refractivity contribution in [1.82, 2.24) is 14.3 Å². The third kappa shape index (κ3) is 3.29. The van der Waals surface area contributed by atoms with Gasteiger partial charge < -0.3 is 9.88 Å². The standard InChI is InChI=1S/C13H20N4.ClH/c1-4-7-17-10-13(11(2)15-17)14-9-12-6-5-8-16(12)3;/h5-6,8,10,14H,4,7,9H2,1-3H3;1H. The van der Waals surface area contributed by atoms with Gasteiger partial charge >= 0.3 is 0 Å². The summed E-state index contributed by atoms with van der Waals surface area (Å²) in [6.45, 7) is 6.02. The SMILES string of the molecule is CCCn1cc(NCc2cccn2C)c(C)n1.Cl. The van der Waals surface area contributed by atoms with E-state index in [9.17, 15) is 0 Å². The van der Waals surface area contributed by atoms with Crippen LogP contribution in [0, 0.1) is 6.92 Å². The van der Waals surface area contributed by atoms with Gasteiger partial charge in [0.2, 0.25) is 0 Å². The second-order valence-electron chi connectivity index (χ2n) is 4.36. The highest BCUT2D eigenvalue weighted by Crippen LogP contribution is 2.14. The van der Waals surface area contributed by atoms with Gasteiger partial charge in [-0.2, -0.15) is 5.10 Å². The molecule has 2 aromatic heterocycles. The number of hydrogen-bond acceptors (Lipinski definition) is 2. The third-order valence-corrected chi connectivity index (χ3v) is 2.91. The van der Waals surface area contributed by atoms with Crippen LogP contribution in [0.4, 0.5) is 5.69 Å². The first kappa shape index (κ1) is 14.6. The van der Waals surface area contributed by atoms with Crippen molar-refractivity contribution in [1.29, 1.82) is 0 Å². The molecule has 0 aliphatic rings. The van der Waals surface area contributed by atoms with Crippen LogP contribution in [-0.2, 0) is 20.1 Å². The first-order chi connectivity index (χ1) is 8.20. The molecule has 18 heavy (non-hydrogen) atoms. The molecular weight excluding hydrogens is 248 g/mol. The van der Waals surface area contributed by atoms with E-state index in [1.54, 1.807) is 0 Å². The summed E-state index contributed by atoms with van der Waals surface area (Å²) in [4.78, 5) is 0. The summed E-state index contributed by atoms with van der Waals surface area (Å²) in [5, 5.41) is 7.90. The molecule has 0 aliphatic carbocycles. The second kappa shape index (κ2) is 6.50. The van der Waals surface area contributed by atoms with Crippen LogP contribution in [0.15, 0.2) is 24.5 Å². The highest BCUT2D eigenvalue weighted by molar-refractivity contribution is 5.85. The van der Waals surface area contributed by atoms with E-state index in [-0.39, 0.29) is 12.4 Å². The molecule has 2 heterocycles. The molecule has 0 saturated carbocycles. The number of hydrogen-bond donors (Lipinski definition) is 1. The minimum atomic E-state index is 0. The first-order valence-electron chi connectivity index (χ1n) is 6.09. The van der Waals surface area contributed by atoms with Gasteiger partial charge in [-0.3, -0.25) is 4.68 Å². The van der Waals surface area contributed by atoms with E-state index < -0.39 is 0 Å². The molecule has 0 atom stereocenters. The Hall–Kier alpha value is -1.42. The van der Waals surface area contributed by atoms with Crippen molar-refractivity contribution in [2.24, 2.45) is 7.05 Å². The zero-order valence-corrected chi connectivity index (χ0v) is 12.0. The van der Waals surface area contributed by atoms with Crippen LogP contribution in [0.3, 0.4) is 0 Å². The fraction of sp³-hybridized carbons (Fsp3) is 0.462. The molecule has 0 unspecified atom stereocenters. The Morgan fingerprint density at radius 2 is 2.17 bits per heavy atom. The molecule has 0 fully saturated rings. The average Bonchev–Trinajstić information content (AvgIpc) is 2.83. The van der Waals surface area contributed by atoms with Crippen LogP contribution in [0.1, 0.15) is 24.7 Å². The summed E-state index contributed by atoms with van der Waals surface area (Å²) in [6.07, 6.45) is 5.25. The zero-order chi connectivity index (χ0) is 12.3. The van der Waals surface area contributed by atoms with E-state index in [0.29, 0.717) is 0 Å². The van der Waals surface area contributed by atoms with E-state index in [1.807, 2.05) is 11.6 Å². The number of halogens is 1. The highest BCUT2D eigenvalue weighted by atomic mass is 35.5. The highest BCUT2D eigenvalue weighted by Gasteiger charge is 2.04. The van der Waals surface area contributed by atoms with Crippen LogP contribution in [0.2, 0.25) is 0 Å². The molecule has 2 aromatic rings. The van der Waals surface area contributed by atoms with Gasteiger partial charge in [0.15, 0.2) is 0 Å². The van der Waals surface area contributed by atoms with Gasteiger partial charge in [-0.25, -0.2) is 0 Å². The summed E-state index contributed by atoms with van der Waals surface area (Å²) < 4.78 is 4.13. The van der Waals surface area contributed by atoms with Crippen molar-refractivity contribution in [3.05, 3.63) is 35.9 Å². The molecule has 100 valence electrons. The van der Waals surface area contributed by atoms with Crippen molar-refractivity contribution >= 4 is 18.1 Å². The summed E-state index contributed by atoms with van der Waals surface area (Å²) in [5.41, 5.74) is 3.46. The monoisotopic (exact) mass is 268 g/mol. The Labute approximate surface area is 114 Å². The van der Waals surface area contributed by atoms with Crippen molar-refractivity contribution in [2.45, 2.75) is 33.4 Å². The van der Waals surface area contributed by atoms with Crippen LogP contribution < -0.4 is 5.32 Å². The van der Waals surface area contributed by atoms with Gasteiger partial charge in [0.25, 0.3) is 0 Å². The molecule has 2 rings (SSSR count). The Kier molecular flexibility index (Phi) is 5.28. The summed E-state index contributed by atoms with van der Waals surface area (Å²) in [6, 6.07) is 4.18. The average molecular weight is 269 g/mol. The number of nitrogens with one attached hydrogen (secondary N) is 1. The van der Waals surface area contributed by atoms with Gasteiger partial charge in [-0.05, 0) is 25.5 Å². The Morgan fingerprint density at radius 1 is 1.39 bits per heavy atom. The second-order valence-corrected chi connectivity index (χ2v) is 4.36. The first-order valence-corrected chi connectivity index (χ1v) is 6.09.